The molecule has 9 heteroatoms. The van der Waals surface area contributed by atoms with E-state index < -0.39 is 10.0 Å². The summed E-state index contributed by atoms with van der Waals surface area (Å²) in [6.45, 7) is 0.504. The number of amides is 1. The Hall–Kier alpha value is -3.43. The predicted molar refractivity (Wildman–Crippen MR) is 131 cm³/mol. The van der Waals surface area contributed by atoms with Gasteiger partial charge in [-0.1, -0.05) is 42.5 Å². The van der Waals surface area contributed by atoms with Crippen LogP contribution in [0.4, 0.5) is 0 Å². The normalized spacial score (nSPS) is 15.5. The molecule has 0 radical (unpaired) electrons. The van der Waals surface area contributed by atoms with Gasteiger partial charge >= 0.3 is 0 Å². The van der Waals surface area contributed by atoms with E-state index in [1.807, 2.05) is 42.5 Å². The van der Waals surface area contributed by atoms with Crippen LogP contribution < -0.4 is 14.9 Å². The number of rotatable bonds is 7. The molecule has 1 saturated heterocycles. The van der Waals surface area contributed by atoms with Crippen molar-refractivity contribution < 1.29 is 22.7 Å². The summed E-state index contributed by atoms with van der Waals surface area (Å²) >= 11 is 0. The molecule has 34 heavy (non-hydrogen) atoms. The van der Waals surface area contributed by atoms with E-state index in [0.717, 1.165) is 16.3 Å². The van der Waals surface area contributed by atoms with Crippen LogP contribution in [0.5, 0.6) is 11.5 Å². The number of hydrazone groups is 1. The standard InChI is InChI=1S/C25H27N3O5S/c1-32-23-11-10-21(16-24(23)33-2)34(30,31)28-14-12-19(13-15-28)25(29)27-26-17-20-8-5-7-18-6-3-4-9-22(18)20/h3-11,16-17,19H,12-15H2,1-2H3,(H,27,29)/b26-17-. The molecule has 0 bridgehead atoms. The van der Waals surface area contributed by atoms with Crippen LogP contribution in [0.25, 0.3) is 10.8 Å². The highest BCUT2D eigenvalue weighted by molar-refractivity contribution is 7.89. The summed E-state index contributed by atoms with van der Waals surface area (Å²) in [6.07, 6.45) is 2.47. The maximum Gasteiger partial charge on any atom is 0.243 e. The van der Waals surface area contributed by atoms with Crippen molar-refractivity contribution in [2.24, 2.45) is 11.0 Å². The third-order valence-corrected chi connectivity index (χ3v) is 7.91. The zero-order valence-electron chi connectivity index (χ0n) is 19.1. The Morgan fingerprint density at radius 2 is 1.71 bits per heavy atom. The van der Waals surface area contributed by atoms with Gasteiger partial charge in [0.05, 0.1) is 25.3 Å². The zero-order valence-corrected chi connectivity index (χ0v) is 19.9. The van der Waals surface area contributed by atoms with Crippen molar-refractivity contribution in [3.63, 3.8) is 0 Å². The van der Waals surface area contributed by atoms with Gasteiger partial charge in [0.15, 0.2) is 11.5 Å². The summed E-state index contributed by atoms with van der Waals surface area (Å²) in [6, 6.07) is 18.4. The fourth-order valence-electron chi connectivity index (χ4n) is 4.10. The predicted octanol–water partition coefficient (Wildman–Crippen LogP) is 3.41. The van der Waals surface area contributed by atoms with Gasteiger partial charge in [0.25, 0.3) is 0 Å². The molecule has 0 saturated carbocycles. The fraction of sp³-hybridized carbons (Fsp3) is 0.280. The summed E-state index contributed by atoms with van der Waals surface area (Å²) in [5.41, 5.74) is 3.52. The van der Waals surface area contributed by atoms with E-state index in [1.165, 1.54) is 30.7 Å². The number of sulfonamides is 1. The summed E-state index contributed by atoms with van der Waals surface area (Å²) < 4.78 is 38.0. The average Bonchev–Trinajstić information content (AvgIpc) is 2.88. The Morgan fingerprint density at radius 3 is 2.44 bits per heavy atom. The van der Waals surface area contributed by atoms with Crippen molar-refractivity contribution in [1.82, 2.24) is 9.73 Å². The third kappa shape index (κ3) is 4.90. The largest absolute Gasteiger partial charge is 0.493 e. The topological polar surface area (TPSA) is 97.3 Å². The van der Waals surface area contributed by atoms with E-state index in [1.54, 1.807) is 12.3 Å². The van der Waals surface area contributed by atoms with Crippen molar-refractivity contribution in [3.05, 3.63) is 66.2 Å². The molecule has 0 spiro atoms. The maximum atomic E-state index is 13.1. The smallest absolute Gasteiger partial charge is 0.243 e. The lowest BCUT2D eigenvalue weighted by Crippen LogP contribution is -2.42. The second kappa shape index (κ2) is 10.2. The van der Waals surface area contributed by atoms with Crippen LogP contribution in [0.1, 0.15) is 18.4 Å². The van der Waals surface area contributed by atoms with Crippen LogP contribution in [0.15, 0.2) is 70.7 Å². The van der Waals surface area contributed by atoms with E-state index >= 15 is 0 Å². The minimum absolute atomic E-state index is 0.132. The van der Waals surface area contributed by atoms with E-state index in [9.17, 15) is 13.2 Å². The number of ether oxygens (including phenoxy) is 2. The maximum absolute atomic E-state index is 13.1. The molecule has 0 aliphatic carbocycles. The molecular weight excluding hydrogens is 454 g/mol. The molecule has 1 N–H and O–H groups in total. The highest BCUT2D eigenvalue weighted by Gasteiger charge is 2.32. The van der Waals surface area contributed by atoms with Gasteiger partial charge in [-0.3, -0.25) is 4.79 Å². The van der Waals surface area contributed by atoms with Gasteiger partial charge < -0.3 is 9.47 Å². The highest BCUT2D eigenvalue weighted by Crippen LogP contribution is 2.32. The summed E-state index contributed by atoms with van der Waals surface area (Å²) in [4.78, 5) is 12.7. The van der Waals surface area contributed by atoms with Gasteiger partial charge in [-0.25, -0.2) is 13.8 Å². The monoisotopic (exact) mass is 481 g/mol. The lowest BCUT2D eigenvalue weighted by Gasteiger charge is -2.30. The molecule has 3 aromatic rings. The van der Waals surface area contributed by atoms with Gasteiger partial charge in [-0.15, -0.1) is 0 Å². The van der Waals surface area contributed by atoms with Gasteiger partial charge in [0, 0.05) is 30.6 Å². The van der Waals surface area contributed by atoms with Gasteiger partial charge in [0.2, 0.25) is 15.9 Å². The summed E-state index contributed by atoms with van der Waals surface area (Å²) in [5, 5.41) is 6.29. The molecule has 3 aromatic carbocycles. The molecule has 1 aliphatic heterocycles. The molecule has 0 unspecified atom stereocenters. The summed E-state index contributed by atoms with van der Waals surface area (Å²) in [5.74, 6) is 0.295. The van der Waals surface area contributed by atoms with Crippen LogP contribution in [-0.2, 0) is 14.8 Å². The summed E-state index contributed by atoms with van der Waals surface area (Å²) in [7, 11) is -0.753. The molecule has 1 heterocycles. The van der Waals surface area contributed by atoms with Crippen molar-refractivity contribution in [2.75, 3.05) is 27.3 Å². The number of fused-ring (bicyclic) bond motifs is 1. The van der Waals surface area contributed by atoms with Gasteiger partial charge in [0.1, 0.15) is 0 Å². The Kier molecular flexibility index (Phi) is 7.14. The Bertz CT molecular complexity index is 1310. The Labute approximate surface area is 199 Å². The first-order chi connectivity index (χ1) is 16.4. The van der Waals surface area contributed by atoms with Crippen molar-refractivity contribution in [1.29, 1.82) is 0 Å². The van der Waals surface area contributed by atoms with E-state index in [0.29, 0.717) is 24.3 Å². The Balaban J connectivity index is 1.37. The first kappa shape index (κ1) is 23.7. The number of hydrogen-bond acceptors (Lipinski definition) is 6. The van der Waals surface area contributed by atoms with Crippen LogP contribution >= 0.6 is 0 Å². The molecular formula is C25H27N3O5S. The number of nitrogens with one attached hydrogen (secondary N) is 1. The quantitative estimate of drug-likeness (QED) is 0.412. The lowest BCUT2D eigenvalue weighted by molar-refractivity contribution is -0.126. The number of benzene rings is 3. The van der Waals surface area contributed by atoms with Crippen molar-refractivity contribution >= 4 is 32.9 Å². The van der Waals surface area contributed by atoms with E-state index in [4.69, 9.17) is 9.47 Å². The fourth-order valence-corrected chi connectivity index (χ4v) is 5.59. The molecule has 1 fully saturated rings. The van der Waals surface area contributed by atoms with Crippen LogP contribution in [0.3, 0.4) is 0 Å². The first-order valence-corrected chi connectivity index (χ1v) is 12.4. The minimum Gasteiger partial charge on any atom is -0.493 e. The molecule has 0 atom stereocenters. The lowest BCUT2D eigenvalue weighted by atomic mass is 9.98. The van der Waals surface area contributed by atoms with E-state index in [2.05, 4.69) is 10.5 Å². The first-order valence-electron chi connectivity index (χ1n) is 11.0. The van der Waals surface area contributed by atoms with E-state index in [-0.39, 0.29) is 29.8 Å². The molecule has 1 amide bonds. The van der Waals surface area contributed by atoms with Gasteiger partial charge in [-0.05, 0) is 35.7 Å². The number of nitrogens with zero attached hydrogens (tertiary/aromatic N) is 2. The minimum atomic E-state index is -3.71. The second-order valence-corrected chi connectivity index (χ2v) is 9.94. The van der Waals surface area contributed by atoms with Crippen molar-refractivity contribution in [3.8, 4) is 11.5 Å². The molecule has 1 aliphatic rings. The van der Waals surface area contributed by atoms with Crippen LogP contribution in [-0.4, -0.2) is 52.2 Å². The number of hydrogen-bond donors (Lipinski definition) is 1. The number of carbonyl (C=O) groups excluding carboxylic acids is 1. The number of piperidine rings is 1. The average molecular weight is 482 g/mol. The van der Waals surface area contributed by atoms with Crippen molar-refractivity contribution in [2.45, 2.75) is 17.7 Å². The zero-order chi connectivity index (χ0) is 24.1. The van der Waals surface area contributed by atoms with Crippen LogP contribution in [0.2, 0.25) is 0 Å². The molecule has 0 aromatic heterocycles. The van der Waals surface area contributed by atoms with Crippen LogP contribution in [0, 0.1) is 5.92 Å². The molecule has 178 valence electrons. The molecule has 4 rings (SSSR count). The second-order valence-electron chi connectivity index (χ2n) is 8.00. The number of carbonyl (C=O) groups is 1. The van der Waals surface area contributed by atoms with Gasteiger partial charge in [-0.2, -0.15) is 9.41 Å². The Morgan fingerprint density at radius 1 is 1.00 bits per heavy atom. The highest BCUT2D eigenvalue weighted by atomic mass is 32.2. The molecule has 8 nitrogen and oxygen atoms in total. The number of methoxy groups -OCH3 is 2. The third-order valence-electron chi connectivity index (χ3n) is 6.02. The SMILES string of the molecule is COc1ccc(S(=O)(=O)N2CCC(C(=O)N/N=C\c3cccc4ccccc34)CC2)cc1OC.